The normalized spacial score (nSPS) is 26.6. The standard InChI is InChI=1S/C35H40N6O7S/c1-40-17-9-4-3-8-12-23-20-35(23,33(43)39-49(45,46)26-14-15-26)38-31(42)29-19-25(21-41(29)34(40)44)48-32-27-16-13-24(47-2)18-28(27)36-30(37-32)22-10-6-5-7-11-22/h5-8,10-13,16,18,23,25-26,29H,3-4,9,14-15,17,19-21H2,1-2H3,(H,38,42)(H,39,43)/b12-8-. The van der Waals surface area contributed by atoms with Crippen molar-refractivity contribution in [2.75, 3.05) is 27.2 Å². The van der Waals surface area contributed by atoms with Gasteiger partial charge >= 0.3 is 6.03 Å². The first-order valence-electron chi connectivity index (χ1n) is 16.7. The average molecular weight is 689 g/mol. The Morgan fingerprint density at radius 2 is 1.88 bits per heavy atom. The number of carbonyl (C=O) groups excluding carboxylic acids is 3. The van der Waals surface area contributed by atoms with E-state index in [0.29, 0.717) is 47.7 Å². The lowest BCUT2D eigenvalue weighted by Gasteiger charge is -2.30. The fourth-order valence-corrected chi connectivity index (χ4v) is 8.03. The van der Waals surface area contributed by atoms with E-state index in [4.69, 9.17) is 19.4 Å². The van der Waals surface area contributed by atoms with Gasteiger partial charge in [0.1, 0.15) is 23.4 Å². The lowest BCUT2D eigenvalue weighted by atomic mass is 10.1. The van der Waals surface area contributed by atoms with Crippen LogP contribution in [0.2, 0.25) is 0 Å². The zero-order valence-electron chi connectivity index (χ0n) is 27.5. The largest absolute Gasteiger partial charge is 0.497 e. The van der Waals surface area contributed by atoms with Crippen LogP contribution in [0.4, 0.5) is 4.79 Å². The highest BCUT2D eigenvalue weighted by Gasteiger charge is 2.62. The summed E-state index contributed by atoms with van der Waals surface area (Å²) >= 11 is 0. The van der Waals surface area contributed by atoms with Gasteiger partial charge in [-0.15, -0.1) is 0 Å². The molecule has 49 heavy (non-hydrogen) atoms. The van der Waals surface area contributed by atoms with Crippen LogP contribution in [-0.2, 0) is 19.6 Å². The van der Waals surface area contributed by atoms with Crippen molar-refractivity contribution >= 4 is 38.8 Å². The molecule has 0 spiro atoms. The van der Waals surface area contributed by atoms with Crippen molar-refractivity contribution in [2.45, 2.75) is 67.9 Å². The summed E-state index contributed by atoms with van der Waals surface area (Å²) in [6.07, 6.45) is 6.95. The fourth-order valence-electron chi connectivity index (χ4n) is 6.67. The molecule has 3 aromatic rings. The molecule has 2 N–H and O–H groups in total. The first-order valence-corrected chi connectivity index (χ1v) is 18.3. The molecule has 3 heterocycles. The Hall–Kier alpha value is -4.72. The second-order valence-electron chi connectivity index (χ2n) is 13.3. The number of rotatable bonds is 7. The number of urea groups is 1. The van der Waals surface area contributed by atoms with Crippen molar-refractivity contribution in [3.63, 3.8) is 0 Å². The summed E-state index contributed by atoms with van der Waals surface area (Å²) in [4.78, 5) is 54.1. The van der Waals surface area contributed by atoms with E-state index in [1.54, 1.807) is 31.2 Å². The van der Waals surface area contributed by atoms with Gasteiger partial charge in [0.25, 0.3) is 5.91 Å². The Morgan fingerprint density at radius 1 is 1.08 bits per heavy atom. The first kappa shape index (κ1) is 32.8. The summed E-state index contributed by atoms with van der Waals surface area (Å²) in [5.41, 5.74) is -0.0291. The topological polar surface area (TPSA) is 160 Å². The zero-order valence-corrected chi connectivity index (χ0v) is 28.3. The Labute approximate surface area is 285 Å². The number of methoxy groups -OCH3 is 1. The number of aromatic nitrogens is 2. The molecule has 4 amide bonds. The van der Waals surface area contributed by atoms with Crippen molar-refractivity contribution in [3.8, 4) is 23.0 Å². The number of nitrogens with zero attached hydrogens (tertiary/aromatic N) is 4. The second kappa shape index (κ2) is 13.0. The molecule has 14 heteroatoms. The summed E-state index contributed by atoms with van der Waals surface area (Å²) in [7, 11) is -0.549. The fraction of sp³-hybridized carbons (Fsp3) is 0.457. The van der Waals surface area contributed by atoms with Gasteiger partial charge < -0.3 is 24.6 Å². The quantitative estimate of drug-likeness (QED) is 0.355. The number of carbonyl (C=O) groups is 3. The van der Waals surface area contributed by atoms with Crippen LogP contribution in [0.15, 0.2) is 60.7 Å². The third kappa shape index (κ3) is 6.65. The lowest BCUT2D eigenvalue weighted by Crippen LogP contribution is -2.57. The van der Waals surface area contributed by atoms with Crippen LogP contribution < -0.4 is 19.5 Å². The number of fused-ring (bicyclic) bond motifs is 3. The predicted molar refractivity (Wildman–Crippen MR) is 181 cm³/mol. The molecule has 4 atom stereocenters. The van der Waals surface area contributed by atoms with Crippen molar-refractivity contribution in [3.05, 3.63) is 60.7 Å². The van der Waals surface area contributed by atoms with E-state index < -0.39 is 44.8 Å². The number of allylic oxidation sites excluding steroid dienone is 1. The molecule has 2 aromatic carbocycles. The number of hydrogen-bond donors (Lipinski definition) is 2. The van der Waals surface area contributed by atoms with Crippen molar-refractivity contribution in [2.24, 2.45) is 5.92 Å². The molecule has 13 nitrogen and oxygen atoms in total. The van der Waals surface area contributed by atoms with Crippen LogP contribution in [0.25, 0.3) is 22.3 Å². The Morgan fingerprint density at radius 3 is 2.63 bits per heavy atom. The zero-order chi connectivity index (χ0) is 34.3. The Bertz CT molecular complexity index is 1920. The van der Waals surface area contributed by atoms with E-state index in [0.717, 1.165) is 24.8 Å². The molecule has 1 aromatic heterocycles. The summed E-state index contributed by atoms with van der Waals surface area (Å²) in [6.45, 7) is 0.610. The molecule has 2 aliphatic heterocycles. The Balaban J connectivity index is 1.19. The van der Waals surface area contributed by atoms with Gasteiger partial charge in [0.15, 0.2) is 5.82 Å². The van der Waals surface area contributed by atoms with Crippen LogP contribution in [0.5, 0.6) is 11.6 Å². The predicted octanol–water partition coefficient (Wildman–Crippen LogP) is 3.40. The van der Waals surface area contributed by atoms with E-state index in [-0.39, 0.29) is 31.3 Å². The molecule has 0 radical (unpaired) electrons. The van der Waals surface area contributed by atoms with Crippen LogP contribution >= 0.6 is 0 Å². The molecule has 4 unspecified atom stereocenters. The van der Waals surface area contributed by atoms with Crippen LogP contribution in [0.1, 0.15) is 44.9 Å². The smallest absolute Gasteiger partial charge is 0.320 e. The van der Waals surface area contributed by atoms with E-state index in [9.17, 15) is 22.8 Å². The van der Waals surface area contributed by atoms with Crippen molar-refractivity contribution in [1.82, 2.24) is 29.8 Å². The van der Waals surface area contributed by atoms with Crippen molar-refractivity contribution < 1.29 is 32.3 Å². The molecule has 7 rings (SSSR count). The number of nitrogens with one attached hydrogen (secondary N) is 2. The minimum absolute atomic E-state index is 0.0994. The average Bonchev–Trinajstić information content (AvgIpc) is 4.02. The molecule has 2 saturated carbocycles. The van der Waals surface area contributed by atoms with E-state index in [1.807, 2.05) is 48.6 Å². The molecular formula is C35H40N6O7S. The van der Waals surface area contributed by atoms with Crippen molar-refractivity contribution in [1.29, 1.82) is 0 Å². The molecule has 2 aliphatic carbocycles. The minimum atomic E-state index is -3.83. The summed E-state index contributed by atoms with van der Waals surface area (Å²) in [6, 6.07) is 13.6. The maximum absolute atomic E-state index is 14.1. The number of sulfonamides is 1. The van der Waals surface area contributed by atoms with Gasteiger partial charge in [-0.2, -0.15) is 4.98 Å². The third-order valence-electron chi connectivity index (χ3n) is 9.76. The summed E-state index contributed by atoms with van der Waals surface area (Å²) < 4.78 is 39.6. The van der Waals surface area contributed by atoms with Gasteiger partial charge in [0, 0.05) is 37.6 Å². The number of hydrogen-bond acceptors (Lipinski definition) is 9. The molecule has 258 valence electrons. The molecule has 0 bridgehead atoms. The van der Waals surface area contributed by atoms with Gasteiger partial charge in [-0.05, 0) is 50.7 Å². The van der Waals surface area contributed by atoms with Crippen LogP contribution in [-0.4, -0.2) is 96.2 Å². The molecular weight excluding hydrogens is 648 g/mol. The Kier molecular flexibility index (Phi) is 8.67. The first-order chi connectivity index (χ1) is 23.6. The van der Waals surface area contributed by atoms with E-state index in [2.05, 4.69) is 10.0 Å². The second-order valence-corrected chi connectivity index (χ2v) is 15.3. The summed E-state index contributed by atoms with van der Waals surface area (Å²) in [5, 5.41) is 2.94. The number of amides is 4. The highest BCUT2D eigenvalue weighted by atomic mass is 32.2. The lowest BCUT2D eigenvalue weighted by molar-refractivity contribution is -0.131. The van der Waals surface area contributed by atoms with Gasteiger partial charge in [0.05, 0.1) is 29.8 Å². The highest BCUT2D eigenvalue weighted by molar-refractivity contribution is 7.91. The molecule has 4 aliphatic rings. The van der Waals surface area contributed by atoms with Crippen LogP contribution in [0, 0.1) is 5.92 Å². The molecule has 3 fully saturated rings. The van der Waals surface area contributed by atoms with Gasteiger partial charge in [0.2, 0.25) is 21.8 Å². The van der Waals surface area contributed by atoms with Crippen LogP contribution in [0.3, 0.4) is 0 Å². The minimum Gasteiger partial charge on any atom is -0.497 e. The number of benzene rings is 2. The van der Waals surface area contributed by atoms with Gasteiger partial charge in [-0.25, -0.2) is 18.2 Å². The maximum Gasteiger partial charge on any atom is 0.320 e. The summed E-state index contributed by atoms with van der Waals surface area (Å²) in [5.74, 6) is -0.279. The number of ether oxygens (including phenoxy) is 2. The van der Waals surface area contributed by atoms with Gasteiger partial charge in [-0.1, -0.05) is 42.5 Å². The highest BCUT2D eigenvalue weighted by Crippen LogP contribution is 2.46. The third-order valence-corrected chi connectivity index (χ3v) is 11.6. The monoisotopic (exact) mass is 688 g/mol. The maximum atomic E-state index is 14.1. The SMILES string of the molecule is COc1ccc2c(OC3CC4C(=O)NC5(C(=O)NS(=O)(=O)C6CC6)CC5/C=C\CCCCN(C)C(=O)N4C3)nc(-c3ccccc3)nc2c1. The van der Waals surface area contributed by atoms with E-state index in [1.165, 1.54) is 4.90 Å². The van der Waals surface area contributed by atoms with E-state index >= 15 is 0 Å². The van der Waals surface area contributed by atoms with Gasteiger partial charge in [-0.3, -0.25) is 14.3 Å². The molecule has 1 saturated heterocycles.